The van der Waals surface area contributed by atoms with Gasteiger partial charge in [-0.3, -0.25) is 9.59 Å². The predicted octanol–water partition coefficient (Wildman–Crippen LogP) is 0.546. The molecule has 0 radical (unpaired) electrons. The number of amidine groups is 1. The summed E-state index contributed by atoms with van der Waals surface area (Å²) in [6.07, 6.45) is 1.16. The molecule has 1 fully saturated rings. The third-order valence-electron chi connectivity index (χ3n) is 2.73. The smallest absolute Gasteiger partial charge is 0.341 e. The molecule has 1 atom stereocenters. The third kappa shape index (κ3) is 5.39. The van der Waals surface area contributed by atoms with E-state index in [0.717, 1.165) is 11.8 Å². The van der Waals surface area contributed by atoms with Crippen LogP contribution in [0.5, 0.6) is 5.75 Å². The van der Waals surface area contributed by atoms with E-state index in [1.165, 1.54) is 6.21 Å². The molecule has 1 aromatic rings. The molecule has 1 heterocycles. The summed E-state index contributed by atoms with van der Waals surface area (Å²) in [5, 5.41) is 26.8. The number of rotatable bonds is 7. The molecular weight excluding hydrogens is 338 g/mol. The van der Waals surface area contributed by atoms with Crippen LogP contribution in [0.15, 0.2) is 34.5 Å². The van der Waals surface area contributed by atoms with Crippen molar-refractivity contribution in [2.24, 2.45) is 10.2 Å². The summed E-state index contributed by atoms with van der Waals surface area (Å²) in [7, 11) is 0. The van der Waals surface area contributed by atoms with Crippen LogP contribution in [0.3, 0.4) is 0 Å². The molecule has 1 amide bonds. The molecule has 0 unspecified atom stereocenters. The van der Waals surface area contributed by atoms with E-state index in [1.54, 1.807) is 24.3 Å². The minimum Gasteiger partial charge on any atom is -0.482 e. The summed E-state index contributed by atoms with van der Waals surface area (Å²) in [5.74, 6) is -2.11. The topological polar surface area (TPSA) is 138 Å². The highest BCUT2D eigenvalue weighted by Crippen LogP contribution is 2.22. The van der Waals surface area contributed by atoms with Gasteiger partial charge >= 0.3 is 11.9 Å². The molecular formula is C14H13N3O6S. The molecule has 1 aliphatic heterocycles. The number of amides is 1. The number of carboxylic acid groups (broad SMARTS) is 2. The number of thioether (sulfide) groups is 1. The van der Waals surface area contributed by atoms with Gasteiger partial charge in [0, 0.05) is 0 Å². The Bertz CT molecular complexity index is 701. The van der Waals surface area contributed by atoms with E-state index in [4.69, 9.17) is 14.9 Å². The van der Waals surface area contributed by atoms with Crippen molar-refractivity contribution < 1.29 is 29.3 Å². The van der Waals surface area contributed by atoms with Crippen molar-refractivity contribution in [3.63, 3.8) is 0 Å². The summed E-state index contributed by atoms with van der Waals surface area (Å²) in [4.78, 5) is 32.5. The highest BCUT2D eigenvalue weighted by atomic mass is 32.2. The SMILES string of the molecule is O=C(O)COc1ccc(/C=N\N=C2\NC(=O)[C@H](CC(=O)O)S2)cc1. The summed E-state index contributed by atoms with van der Waals surface area (Å²) >= 11 is 1.01. The number of nitrogens with zero attached hydrogens (tertiary/aromatic N) is 2. The Hall–Kier alpha value is -2.88. The van der Waals surface area contributed by atoms with Gasteiger partial charge in [-0.1, -0.05) is 11.8 Å². The van der Waals surface area contributed by atoms with Crippen LogP contribution in [0.25, 0.3) is 0 Å². The van der Waals surface area contributed by atoms with Crippen LogP contribution in [0.4, 0.5) is 0 Å². The molecule has 2 rings (SSSR count). The van der Waals surface area contributed by atoms with Crippen LogP contribution in [0.2, 0.25) is 0 Å². The minimum absolute atomic E-state index is 0.240. The first-order valence-electron chi connectivity index (χ1n) is 6.69. The van der Waals surface area contributed by atoms with Crippen LogP contribution in [0, 0.1) is 0 Å². The van der Waals surface area contributed by atoms with E-state index in [2.05, 4.69) is 15.5 Å². The fraction of sp³-hybridized carbons (Fsp3) is 0.214. The van der Waals surface area contributed by atoms with Crippen molar-refractivity contribution in [1.29, 1.82) is 0 Å². The normalized spacial score (nSPS) is 18.8. The van der Waals surface area contributed by atoms with Crippen LogP contribution < -0.4 is 10.1 Å². The zero-order chi connectivity index (χ0) is 17.5. The number of hydrogen-bond acceptors (Lipinski definition) is 7. The third-order valence-corrected chi connectivity index (χ3v) is 3.81. The van der Waals surface area contributed by atoms with Crippen LogP contribution in [0.1, 0.15) is 12.0 Å². The number of carbonyl (C=O) groups excluding carboxylic acids is 1. The summed E-state index contributed by atoms with van der Waals surface area (Å²) in [6, 6.07) is 6.50. The van der Waals surface area contributed by atoms with Crippen molar-refractivity contribution in [2.75, 3.05) is 6.61 Å². The van der Waals surface area contributed by atoms with E-state index in [-0.39, 0.29) is 11.6 Å². The first-order valence-corrected chi connectivity index (χ1v) is 7.57. The van der Waals surface area contributed by atoms with E-state index in [1.807, 2.05) is 0 Å². The predicted molar refractivity (Wildman–Crippen MR) is 86.4 cm³/mol. The van der Waals surface area contributed by atoms with Crippen molar-refractivity contribution in [2.45, 2.75) is 11.7 Å². The molecule has 0 bridgehead atoms. The van der Waals surface area contributed by atoms with Crippen molar-refractivity contribution in [3.05, 3.63) is 29.8 Å². The van der Waals surface area contributed by atoms with Gasteiger partial charge in [0.2, 0.25) is 5.91 Å². The quantitative estimate of drug-likeness (QED) is 0.481. The number of benzene rings is 1. The molecule has 1 aromatic carbocycles. The molecule has 0 aromatic heterocycles. The second kappa shape index (κ2) is 8.11. The Labute approximate surface area is 140 Å². The average Bonchev–Trinajstić information content (AvgIpc) is 2.85. The van der Waals surface area contributed by atoms with E-state index >= 15 is 0 Å². The standard InChI is InChI=1S/C14H13N3O6S/c18-11(19)5-10-13(22)16-14(24-10)17-15-6-8-1-3-9(4-2-8)23-7-12(20)21/h1-4,6,10H,5,7H2,(H,18,19)(H,20,21)(H,16,17,22)/b15-6-/t10-/m0/s1. The van der Waals surface area contributed by atoms with E-state index in [9.17, 15) is 14.4 Å². The zero-order valence-electron chi connectivity index (χ0n) is 12.2. The molecule has 0 aliphatic carbocycles. The Morgan fingerprint density at radius 3 is 2.58 bits per heavy atom. The van der Waals surface area contributed by atoms with Crippen molar-refractivity contribution in [1.82, 2.24) is 5.32 Å². The maximum atomic E-state index is 11.5. The first-order chi connectivity index (χ1) is 11.4. The number of ether oxygens (including phenoxy) is 1. The summed E-state index contributed by atoms with van der Waals surface area (Å²) in [6.45, 7) is -0.421. The van der Waals surface area contributed by atoms with E-state index < -0.39 is 29.7 Å². The highest BCUT2D eigenvalue weighted by molar-refractivity contribution is 8.15. The van der Waals surface area contributed by atoms with Crippen molar-refractivity contribution in [3.8, 4) is 5.75 Å². The lowest BCUT2D eigenvalue weighted by atomic mass is 10.2. The zero-order valence-corrected chi connectivity index (χ0v) is 13.0. The summed E-state index contributed by atoms with van der Waals surface area (Å²) in [5.41, 5.74) is 0.693. The van der Waals surface area contributed by atoms with Crippen LogP contribution >= 0.6 is 11.8 Å². The number of hydrogen-bond donors (Lipinski definition) is 3. The second-order valence-electron chi connectivity index (χ2n) is 4.59. The molecule has 126 valence electrons. The molecule has 10 heteroatoms. The van der Waals surface area contributed by atoms with Crippen molar-refractivity contribution >= 4 is 41.0 Å². The molecule has 3 N–H and O–H groups in total. The molecule has 1 saturated heterocycles. The number of nitrogens with one attached hydrogen (secondary N) is 1. The lowest BCUT2D eigenvalue weighted by Gasteiger charge is -2.02. The lowest BCUT2D eigenvalue weighted by Crippen LogP contribution is -2.26. The Morgan fingerprint density at radius 2 is 1.96 bits per heavy atom. The molecule has 9 nitrogen and oxygen atoms in total. The number of aliphatic carboxylic acids is 2. The monoisotopic (exact) mass is 351 g/mol. The van der Waals surface area contributed by atoms with Gasteiger partial charge in [0.05, 0.1) is 12.6 Å². The van der Waals surface area contributed by atoms with Gasteiger partial charge in [0.25, 0.3) is 0 Å². The molecule has 0 spiro atoms. The number of carbonyl (C=O) groups is 3. The van der Waals surface area contributed by atoms with Crippen LogP contribution in [-0.4, -0.2) is 51.3 Å². The fourth-order valence-electron chi connectivity index (χ4n) is 1.69. The van der Waals surface area contributed by atoms with Gasteiger partial charge in [-0.05, 0) is 29.8 Å². The number of carboxylic acids is 2. The molecule has 1 aliphatic rings. The lowest BCUT2D eigenvalue weighted by molar-refractivity contribution is -0.139. The average molecular weight is 351 g/mol. The largest absolute Gasteiger partial charge is 0.482 e. The van der Waals surface area contributed by atoms with Crippen LogP contribution in [-0.2, 0) is 14.4 Å². The Morgan fingerprint density at radius 1 is 1.25 bits per heavy atom. The van der Waals surface area contributed by atoms with Gasteiger partial charge in [-0.2, -0.15) is 5.10 Å². The van der Waals surface area contributed by atoms with Gasteiger partial charge in [-0.15, -0.1) is 5.10 Å². The molecule has 0 saturated carbocycles. The van der Waals surface area contributed by atoms with Gasteiger partial charge in [0.15, 0.2) is 11.8 Å². The first kappa shape index (κ1) is 17.5. The summed E-state index contributed by atoms with van der Waals surface area (Å²) < 4.78 is 4.99. The minimum atomic E-state index is -1.06. The van der Waals surface area contributed by atoms with Gasteiger partial charge in [-0.25, -0.2) is 4.79 Å². The Kier molecular flexibility index (Phi) is 5.90. The maximum Gasteiger partial charge on any atom is 0.341 e. The van der Waals surface area contributed by atoms with Gasteiger partial charge in [0.1, 0.15) is 11.0 Å². The fourth-order valence-corrected chi connectivity index (χ4v) is 2.60. The van der Waals surface area contributed by atoms with Gasteiger partial charge < -0.3 is 20.3 Å². The Balaban J connectivity index is 1.90. The van der Waals surface area contributed by atoms with E-state index in [0.29, 0.717) is 11.3 Å². The second-order valence-corrected chi connectivity index (χ2v) is 5.79. The molecule has 24 heavy (non-hydrogen) atoms. The maximum absolute atomic E-state index is 11.5. The highest BCUT2D eigenvalue weighted by Gasteiger charge is 2.32.